The minimum atomic E-state index is -0.0880. The molecule has 0 fully saturated rings. The van der Waals surface area contributed by atoms with Gasteiger partial charge in [-0.25, -0.2) is 0 Å². The van der Waals surface area contributed by atoms with Crippen molar-refractivity contribution in [3.05, 3.63) is 71.8 Å². The largest absolute Gasteiger partial charge is 0.372 e. The Bertz CT molecular complexity index is 455. The van der Waals surface area contributed by atoms with Gasteiger partial charge in [0.25, 0.3) is 0 Å². The summed E-state index contributed by atoms with van der Waals surface area (Å²) in [7, 11) is 0. The van der Waals surface area contributed by atoms with E-state index in [9.17, 15) is 0 Å². The highest BCUT2D eigenvalue weighted by atomic mass is 16.5. The van der Waals surface area contributed by atoms with Gasteiger partial charge in [-0.15, -0.1) is 0 Å². The molecule has 2 aromatic carbocycles. The van der Waals surface area contributed by atoms with Crippen LogP contribution in [0.25, 0.3) is 0 Å². The molecule has 0 aliphatic rings. The number of hydrogen-bond acceptors (Lipinski definition) is 2. The number of ether oxygens (including phenoxy) is 1. The molecule has 0 spiro atoms. The summed E-state index contributed by atoms with van der Waals surface area (Å²) in [5.74, 6) is 0. The minimum Gasteiger partial charge on any atom is -0.372 e. The monoisotopic (exact) mass is 241 g/mol. The fourth-order valence-corrected chi connectivity index (χ4v) is 1.85. The topological polar surface area (TPSA) is 35.2 Å². The van der Waals surface area contributed by atoms with Gasteiger partial charge in [0.15, 0.2) is 0 Å². The summed E-state index contributed by atoms with van der Waals surface area (Å²) < 4.78 is 5.82. The molecule has 2 atom stereocenters. The lowest BCUT2D eigenvalue weighted by Gasteiger charge is -2.21. The zero-order valence-corrected chi connectivity index (χ0v) is 10.6. The van der Waals surface area contributed by atoms with E-state index in [1.54, 1.807) is 0 Å². The summed E-state index contributed by atoms with van der Waals surface area (Å²) >= 11 is 0. The molecule has 0 radical (unpaired) electrons. The number of nitrogens with two attached hydrogens (primary N) is 1. The van der Waals surface area contributed by atoms with Crippen LogP contribution in [0.2, 0.25) is 0 Å². The SMILES string of the molecule is C[C@H](OCc1ccccc1)[C@H](N)c1ccccc1. The maximum Gasteiger partial charge on any atom is 0.0744 e. The molecule has 2 N–H and O–H groups in total. The Morgan fingerprint density at radius 3 is 2.11 bits per heavy atom. The highest BCUT2D eigenvalue weighted by molar-refractivity contribution is 5.19. The zero-order valence-electron chi connectivity index (χ0n) is 10.6. The molecule has 2 nitrogen and oxygen atoms in total. The molecule has 0 aromatic heterocycles. The van der Waals surface area contributed by atoms with E-state index in [2.05, 4.69) is 12.1 Å². The third-order valence-corrected chi connectivity index (χ3v) is 3.05. The van der Waals surface area contributed by atoms with Gasteiger partial charge in [0.05, 0.1) is 18.8 Å². The molecule has 2 aromatic rings. The van der Waals surface area contributed by atoms with E-state index in [0.29, 0.717) is 6.61 Å². The summed E-state index contributed by atoms with van der Waals surface area (Å²) in [5, 5.41) is 0. The first-order valence-corrected chi connectivity index (χ1v) is 6.23. The highest BCUT2D eigenvalue weighted by Gasteiger charge is 2.14. The van der Waals surface area contributed by atoms with E-state index in [1.807, 2.05) is 55.5 Å². The molecular weight excluding hydrogens is 222 g/mol. The van der Waals surface area contributed by atoms with Gasteiger partial charge in [-0.1, -0.05) is 60.7 Å². The van der Waals surface area contributed by atoms with Crippen molar-refractivity contribution < 1.29 is 4.74 Å². The predicted molar refractivity (Wildman–Crippen MR) is 74.1 cm³/mol. The second kappa shape index (κ2) is 6.34. The second-order valence-corrected chi connectivity index (χ2v) is 4.44. The van der Waals surface area contributed by atoms with Crippen LogP contribution in [0.3, 0.4) is 0 Å². The maximum atomic E-state index is 6.18. The summed E-state index contributed by atoms with van der Waals surface area (Å²) in [4.78, 5) is 0. The molecule has 0 bridgehead atoms. The van der Waals surface area contributed by atoms with E-state index in [1.165, 1.54) is 5.56 Å². The Morgan fingerprint density at radius 2 is 1.50 bits per heavy atom. The average Bonchev–Trinajstić information content (AvgIpc) is 2.46. The summed E-state index contributed by atoms with van der Waals surface area (Å²) in [6.45, 7) is 2.61. The molecule has 0 amide bonds. The van der Waals surface area contributed by atoms with Crippen LogP contribution >= 0.6 is 0 Å². The molecule has 0 aliphatic heterocycles. The number of benzene rings is 2. The molecule has 0 saturated carbocycles. The summed E-state index contributed by atoms with van der Waals surface area (Å²) in [6.07, 6.45) is -0.00685. The van der Waals surface area contributed by atoms with Crippen LogP contribution in [0.5, 0.6) is 0 Å². The molecule has 2 heteroatoms. The summed E-state index contributed by atoms with van der Waals surface area (Å²) in [5.41, 5.74) is 8.46. The molecule has 0 aliphatic carbocycles. The van der Waals surface area contributed by atoms with Crippen molar-refractivity contribution in [2.24, 2.45) is 5.73 Å². The Labute approximate surface area is 108 Å². The van der Waals surface area contributed by atoms with Gasteiger partial charge < -0.3 is 10.5 Å². The first-order chi connectivity index (χ1) is 8.77. The van der Waals surface area contributed by atoms with Crippen molar-refractivity contribution in [1.82, 2.24) is 0 Å². The third-order valence-electron chi connectivity index (χ3n) is 3.05. The smallest absolute Gasteiger partial charge is 0.0744 e. The van der Waals surface area contributed by atoms with Gasteiger partial charge in [-0.05, 0) is 18.1 Å². The molecule has 0 unspecified atom stereocenters. The van der Waals surface area contributed by atoms with Crippen LogP contribution in [0.1, 0.15) is 24.1 Å². The average molecular weight is 241 g/mol. The van der Waals surface area contributed by atoms with Crippen molar-refractivity contribution in [2.45, 2.75) is 25.7 Å². The van der Waals surface area contributed by atoms with Gasteiger partial charge in [0, 0.05) is 0 Å². The lowest BCUT2D eigenvalue weighted by Crippen LogP contribution is -2.26. The van der Waals surface area contributed by atoms with Crippen molar-refractivity contribution in [3.63, 3.8) is 0 Å². The van der Waals surface area contributed by atoms with Gasteiger partial charge >= 0.3 is 0 Å². The van der Waals surface area contributed by atoms with Crippen LogP contribution in [-0.2, 0) is 11.3 Å². The van der Waals surface area contributed by atoms with E-state index >= 15 is 0 Å². The standard InChI is InChI=1S/C16H19NO/c1-13(16(17)15-10-6-3-7-11-15)18-12-14-8-4-2-5-9-14/h2-11,13,16H,12,17H2,1H3/t13-,16-/m0/s1. The fraction of sp³-hybridized carbons (Fsp3) is 0.250. The number of rotatable bonds is 5. The van der Waals surface area contributed by atoms with Gasteiger partial charge in [-0.2, -0.15) is 0 Å². The Morgan fingerprint density at radius 1 is 0.944 bits per heavy atom. The van der Waals surface area contributed by atoms with E-state index in [-0.39, 0.29) is 12.1 Å². The van der Waals surface area contributed by atoms with E-state index < -0.39 is 0 Å². The molecule has 94 valence electrons. The molecule has 18 heavy (non-hydrogen) atoms. The van der Waals surface area contributed by atoms with Gasteiger partial charge in [0.2, 0.25) is 0 Å². The molecule has 0 heterocycles. The Hall–Kier alpha value is -1.64. The second-order valence-electron chi connectivity index (χ2n) is 4.44. The zero-order chi connectivity index (χ0) is 12.8. The third kappa shape index (κ3) is 3.42. The van der Waals surface area contributed by atoms with Gasteiger partial charge in [0.1, 0.15) is 0 Å². The lowest BCUT2D eigenvalue weighted by atomic mass is 10.0. The molecular formula is C16H19NO. The van der Waals surface area contributed by atoms with Crippen molar-refractivity contribution >= 4 is 0 Å². The van der Waals surface area contributed by atoms with Crippen LogP contribution < -0.4 is 5.73 Å². The Kier molecular flexibility index (Phi) is 4.51. The maximum absolute atomic E-state index is 6.18. The van der Waals surface area contributed by atoms with Crippen molar-refractivity contribution in [3.8, 4) is 0 Å². The van der Waals surface area contributed by atoms with E-state index in [4.69, 9.17) is 10.5 Å². The fourth-order valence-electron chi connectivity index (χ4n) is 1.85. The Balaban J connectivity index is 1.90. The normalized spacial score (nSPS) is 14.1. The van der Waals surface area contributed by atoms with Crippen LogP contribution in [-0.4, -0.2) is 6.10 Å². The van der Waals surface area contributed by atoms with Crippen molar-refractivity contribution in [2.75, 3.05) is 0 Å². The first kappa shape index (κ1) is 12.8. The highest BCUT2D eigenvalue weighted by Crippen LogP contribution is 2.17. The number of hydrogen-bond donors (Lipinski definition) is 1. The molecule has 0 saturated heterocycles. The van der Waals surface area contributed by atoms with Crippen molar-refractivity contribution in [1.29, 1.82) is 0 Å². The predicted octanol–water partition coefficient (Wildman–Crippen LogP) is 3.29. The lowest BCUT2D eigenvalue weighted by molar-refractivity contribution is 0.0357. The van der Waals surface area contributed by atoms with Crippen LogP contribution in [0, 0.1) is 0 Å². The first-order valence-electron chi connectivity index (χ1n) is 6.23. The summed E-state index contributed by atoms with van der Waals surface area (Å²) in [6, 6.07) is 20.1. The van der Waals surface area contributed by atoms with Crippen LogP contribution in [0.15, 0.2) is 60.7 Å². The van der Waals surface area contributed by atoms with Gasteiger partial charge in [-0.3, -0.25) is 0 Å². The quantitative estimate of drug-likeness (QED) is 0.871. The molecule has 2 rings (SSSR count). The minimum absolute atomic E-state index is 0.00685. The van der Waals surface area contributed by atoms with E-state index in [0.717, 1.165) is 5.56 Å². The van der Waals surface area contributed by atoms with Crippen LogP contribution in [0.4, 0.5) is 0 Å².